The average Bonchev–Trinajstić information content (AvgIpc) is 2.59. The van der Waals surface area contributed by atoms with E-state index in [0.717, 1.165) is 32.1 Å². The van der Waals surface area contributed by atoms with E-state index in [1.165, 1.54) is 0 Å². The van der Waals surface area contributed by atoms with Crippen molar-refractivity contribution < 1.29 is 15.1 Å². The molecule has 1 fully saturated rings. The Hall–Kier alpha value is -0.950. The summed E-state index contributed by atoms with van der Waals surface area (Å²) in [4.78, 5) is 10.5. The van der Waals surface area contributed by atoms with Crippen LogP contribution in [0.3, 0.4) is 0 Å². The molecular weight excluding hydrogens is 234 g/mol. The molecule has 6 heteroatoms. The number of carboxylic acids is 1. The summed E-state index contributed by atoms with van der Waals surface area (Å²) >= 11 is 0. The zero-order chi connectivity index (χ0) is 13.4. The van der Waals surface area contributed by atoms with Crippen LogP contribution in [0.5, 0.6) is 0 Å². The van der Waals surface area contributed by atoms with Crippen molar-refractivity contribution in [3.63, 3.8) is 0 Å². The Morgan fingerprint density at radius 3 is 2.83 bits per heavy atom. The molecule has 0 aliphatic carbocycles. The summed E-state index contributed by atoms with van der Waals surface area (Å²) in [5.74, 6) is -0.975. The van der Waals surface area contributed by atoms with Gasteiger partial charge in [0.2, 0.25) is 0 Å². The van der Waals surface area contributed by atoms with Gasteiger partial charge in [0.05, 0.1) is 6.17 Å². The fourth-order valence-electron chi connectivity index (χ4n) is 2.08. The number of aliphatic carboxylic acids is 1. The highest BCUT2D eigenvalue weighted by molar-refractivity contribution is 5.73. The third-order valence-electron chi connectivity index (χ3n) is 3.18. The number of hydroxylamine groups is 1. The van der Waals surface area contributed by atoms with Crippen molar-refractivity contribution in [2.75, 3.05) is 0 Å². The molecular formula is C12H23N3O3. The van der Waals surface area contributed by atoms with Gasteiger partial charge in [-0.2, -0.15) is 5.48 Å². The number of nitrogens with two attached hydrogens (primary N) is 1. The van der Waals surface area contributed by atoms with Crippen molar-refractivity contribution in [3.05, 3.63) is 12.2 Å². The Labute approximate surface area is 107 Å². The smallest absolute Gasteiger partial charge is 0.320 e. The second-order valence-corrected chi connectivity index (χ2v) is 4.72. The van der Waals surface area contributed by atoms with E-state index in [0.29, 0.717) is 12.5 Å². The van der Waals surface area contributed by atoms with Crippen LogP contribution in [0.2, 0.25) is 0 Å². The summed E-state index contributed by atoms with van der Waals surface area (Å²) in [6.45, 7) is 0. The van der Waals surface area contributed by atoms with Gasteiger partial charge in [-0.15, -0.1) is 0 Å². The number of hydrogen-bond acceptors (Lipinski definition) is 5. The van der Waals surface area contributed by atoms with Gasteiger partial charge in [0, 0.05) is 6.04 Å². The van der Waals surface area contributed by atoms with Crippen LogP contribution in [0, 0.1) is 0 Å². The molecule has 2 unspecified atom stereocenters. The van der Waals surface area contributed by atoms with Crippen LogP contribution in [-0.2, 0) is 4.79 Å². The normalized spacial score (nSPS) is 27.0. The van der Waals surface area contributed by atoms with Crippen LogP contribution in [0.25, 0.3) is 0 Å². The third kappa shape index (κ3) is 5.59. The van der Waals surface area contributed by atoms with E-state index < -0.39 is 12.0 Å². The van der Waals surface area contributed by atoms with Gasteiger partial charge in [-0.3, -0.25) is 10.1 Å². The Balaban J connectivity index is 2.28. The highest BCUT2D eigenvalue weighted by Gasteiger charge is 2.17. The molecule has 0 amide bonds. The van der Waals surface area contributed by atoms with Crippen LogP contribution in [-0.4, -0.2) is 34.5 Å². The number of carbonyl (C=O) groups is 1. The topological polar surface area (TPSA) is 108 Å². The minimum absolute atomic E-state index is 0.0489. The fraction of sp³-hybridized carbons (Fsp3) is 0.750. The Kier molecular flexibility index (Phi) is 6.89. The number of rotatable bonds is 6. The molecule has 0 aromatic rings. The van der Waals surface area contributed by atoms with Crippen LogP contribution in [0.1, 0.15) is 38.5 Å². The lowest BCUT2D eigenvalue weighted by molar-refractivity contribution is -0.138. The monoisotopic (exact) mass is 257 g/mol. The first-order valence-corrected chi connectivity index (χ1v) is 6.42. The van der Waals surface area contributed by atoms with Crippen LogP contribution >= 0.6 is 0 Å². The first-order valence-electron chi connectivity index (χ1n) is 6.42. The van der Waals surface area contributed by atoms with E-state index in [-0.39, 0.29) is 6.17 Å². The summed E-state index contributed by atoms with van der Waals surface area (Å²) in [5.41, 5.74) is 7.66. The van der Waals surface area contributed by atoms with Crippen molar-refractivity contribution in [2.24, 2.45) is 5.73 Å². The van der Waals surface area contributed by atoms with Crippen LogP contribution in [0.15, 0.2) is 12.2 Å². The second-order valence-electron chi connectivity index (χ2n) is 4.72. The zero-order valence-corrected chi connectivity index (χ0v) is 10.5. The van der Waals surface area contributed by atoms with Gasteiger partial charge in [-0.25, -0.2) is 0 Å². The summed E-state index contributed by atoms with van der Waals surface area (Å²) < 4.78 is 0. The number of nitrogens with one attached hydrogen (secondary N) is 2. The van der Waals surface area contributed by atoms with E-state index in [2.05, 4.69) is 10.8 Å². The Bertz CT molecular complexity index is 284. The summed E-state index contributed by atoms with van der Waals surface area (Å²) in [7, 11) is 0. The fourth-order valence-corrected chi connectivity index (χ4v) is 2.08. The summed E-state index contributed by atoms with van der Waals surface area (Å²) in [5, 5.41) is 20.9. The standard InChI is InChI=1S/C12H23N3O3/c13-10(12(16)17)7-3-1-5-9-6-2-4-8-11(14-9)15-18/h1,3,9-11,14-15,18H,2,4-8,13H2,(H,16,17)/b3-1+/t9-,10?,11?/m0/s1. The number of hydrogen-bond donors (Lipinski definition) is 5. The van der Waals surface area contributed by atoms with E-state index in [1.54, 1.807) is 0 Å². The minimum Gasteiger partial charge on any atom is -0.480 e. The van der Waals surface area contributed by atoms with E-state index in [9.17, 15) is 4.79 Å². The lowest BCUT2D eigenvalue weighted by atomic mass is 10.1. The molecule has 18 heavy (non-hydrogen) atoms. The molecule has 1 aliphatic rings. The van der Waals surface area contributed by atoms with Crippen LogP contribution in [0.4, 0.5) is 0 Å². The highest BCUT2D eigenvalue weighted by atomic mass is 16.5. The molecule has 1 heterocycles. The third-order valence-corrected chi connectivity index (χ3v) is 3.18. The molecule has 6 N–H and O–H groups in total. The Morgan fingerprint density at radius 1 is 1.44 bits per heavy atom. The zero-order valence-electron chi connectivity index (χ0n) is 10.5. The Morgan fingerprint density at radius 2 is 2.17 bits per heavy atom. The maximum absolute atomic E-state index is 10.5. The molecule has 0 aromatic carbocycles. The summed E-state index contributed by atoms with van der Waals surface area (Å²) in [6, 6.07) is -0.510. The van der Waals surface area contributed by atoms with Gasteiger partial charge < -0.3 is 16.0 Å². The van der Waals surface area contributed by atoms with E-state index in [1.807, 2.05) is 12.2 Å². The molecule has 104 valence electrons. The SMILES string of the molecule is NC(C/C=C/C[C@H]1CCCCC(NO)N1)C(=O)O. The van der Waals surface area contributed by atoms with E-state index >= 15 is 0 Å². The molecule has 1 rings (SSSR count). The highest BCUT2D eigenvalue weighted by Crippen LogP contribution is 2.14. The van der Waals surface area contributed by atoms with Gasteiger partial charge in [-0.1, -0.05) is 25.0 Å². The molecule has 0 saturated carbocycles. The van der Waals surface area contributed by atoms with E-state index in [4.69, 9.17) is 16.0 Å². The molecule has 3 atom stereocenters. The summed E-state index contributed by atoms with van der Waals surface area (Å²) in [6.07, 6.45) is 9.11. The lowest BCUT2D eigenvalue weighted by Gasteiger charge is -2.20. The first kappa shape index (κ1) is 15.1. The van der Waals surface area contributed by atoms with Crippen molar-refractivity contribution in [2.45, 2.75) is 56.8 Å². The second kappa shape index (κ2) is 8.20. The van der Waals surface area contributed by atoms with Crippen molar-refractivity contribution in [1.82, 2.24) is 10.8 Å². The molecule has 6 nitrogen and oxygen atoms in total. The molecule has 0 aromatic heterocycles. The molecule has 1 saturated heterocycles. The molecule has 0 spiro atoms. The van der Waals surface area contributed by atoms with Crippen molar-refractivity contribution in [3.8, 4) is 0 Å². The first-order chi connectivity index (χ1) is 8.63. The lowest BCUT2D eigenvalue weighted by Crippen LogP contribution is -2.44. The predicted octanol–water partition coefficient (Wildman–Crippen LogP) is 0.572. The van der Waals surface area contributed by atoms with Gasteiger partial charge >= 0.3 is 5.97 Å². The quantitative estimate of drug-likeness (QED) is 0.352. The largest absolute Gasteiger partial charge is 0.480 e. The van der Waals surface area contributed by atoms with Gasteiger partial charge in [0.15, 0.2) is 0 Å². The average molecular weight is 257 g/mol. The maximum Gasteiger partial charge on any atom is 0.320 e. The van der Waals surface area contributed by atoms with Gasteiger partial charge in [-0.05, 0) is 25.7 Å². The van der Waals surface area contributed by atoms with Gasteiger partial charge in [0.25, 0.3) is 0 Å². The molecule has 0 radical (unpaired) electrons. The molecule has 1 aliphatic heterocycles. The maximum atomic E-state index is 10.5. The van der Waals surface area contributed by atoms with Crippen molar-refractivity contribution in [1.29, 1.82) is 0 Å². The van der Waals surface area contributed by atoms with Crippen molar-refractivity contribution >= 4 is 5.97 Å². The number of carboxylic acid groups (broad SMARTS) is 1. The van der Waals surface area contributed by atoms with Crippen LogP contribution < -0.4 is 16.5 Å². The molecule has 0 bridgehead atoms. The predicted molar refractivity (Wildman–Crippen MR) is 68.1 cm³/mol. The minimum atomic E-state index is -0.975. The van der Waals surface area contributed by atoms with Gasteiger partial charge in [0.1, 0.15) is 6.04 Å².